The molecule has 2 saturated carbocycles. The molecule has 3 fully saturated rings. The zero-order valence-electron chi connectivity index (χ0n) is 16.0. The zero-order chi connectivity index (χ0) is 16.6. The molecule has 24 heavy (non-hydrogen) atoms. The second-order valence-electron chi connectivity index (χ2n) is 8.77. The van der Waals surface area contributed by atoms with E-state index in [0.717, 1.165) is 37.5 Å². The summed E-state index contributed by atoms with van der Waals surface area (Å²) in [6.07, 6.45) is 18.5. The second-order valence-corrected chi connectivity index (χ2v) is 8.77. The maximum atomic E-state index is 6.50. The lowest BCUT2D eigenvalue weighted by Gasteiger charge is -2.39. The molecule has 2 aliphatic carbocycles. The van der Waals surface area contributed by atoms with E-state index in [0.29, 0.717) is 6.17 Å². The van der Waals surface area contributed by atoms with Gasteiger partial charge in [-0.25, -0.2) is 0 Å². The van der Waals surface area contributed by atoms with E-state index in [1.54, 1.807) is 0 Å². The van der Waals surface area contributed by atoms with Gasteiger partial charge in [-0.05, 0) is 69.2 Å². The van der Waals surface area contributed by atoms with Crippen LogP contribution < -0.4 is 5.32 Å². The number of nitrogens with one attached hydrogen (secondary N) is 1. The summed E-state index contributed by atoms with van der Waals surface area (Å²) in [6, 6.07) is 0. The van der Waals surface area contributed by atoms with Crippen molar-refractivity contribution in [2.24, 2.45) is 17.8 Å². The van der Waals surface area contributed by atoms with Gasteiger partial charge in [0.1, 0.15) is 0 Å². The van der Waals surface area contributed by atoms with Crippen LogP contribution in [0, 0.1) is 17.8 Å². The first-order chi connectivity index (χ1) is 11.8. The van der Waals surface area contributed by atoms with Gasteiger partial charge in [0.2, 0.25) is 0 Å². The lowest BCUT2D eigenvalue weighted by molar-refractivity contribution is -0.217. The number of hydrogen-bond acceptors (Lipinski definition) is 3. The summed E-state index contributed by atoms with van der Waals surface area (Å²) in [4.78, 5) is 6.50. The van der Waals surface area contributed by atoms with Gasteiger partial charge in [0.25, 0.3) is 0 Å². The topological polar surface area (TPSA) is 24.5 Å². The minimum atomic E-state index is 0.458. The molecular formula is C21H40N2O. The van der Waals surface area contributed by atoms with Crippen LogP contribution in [0.3, 0.4) is 0 Å². The highest BCUT2D eigenvalue weighted by Crippen LogP contribution is 2.30. The van der Waals surface area contributed by atoms with Gasteiger partial charge >= 0.3 is 0 Å². The fourth-order valence-corrected chi connectivity index (χ4v) is 4.98. The standard InChI is InChI=1S/C21H40N2O/c1-18-9-8-15-22-21(20-12-6-3-7-13-20)23(16-14-18)24-17-19-10-4-2-5-11-19/h18-22H,2-17H2,1H3. The number of nitrogens with zero attached hydrogens (tertiary/aromatic N) is 1. The summed E-state index contributed by atoms with van der Waals surface area (Å²) < 4.78 is 0. The molecule has 1 saturated heterocycles. The van der Waals surface area contributed by atoms with Crippen LogP contribution in [0.25, 0.3) is 0 Å². The fraction of sp³-hybridized carbons (Fsp3) is 1.00. The van der Waals surface area contributed by atoms with Crippen molar-refractivity contribution in [1.82, 2.24) is 10.4 Å². The van der Waals surface area contributed by atoms with Gasteiger partial charge < -0.3 is 0 Å². The normalized spacial score (nSPS) is 32.9. The van der Waals surface area contributed by atoms with Crippen molar-refractivity contribution >= 4 is 0 Å². The molecule has 3 heteroatoms. The van der Waals surface area contributed by atoms with Crippen molar-refractivity contribution in [3.63, 3.8) is 0 Å². The average molecular weight is 337 g/mol. The first kappa shape index (κ1) is 18.7. The monoisotopic (exact) mass is 336 g/mol. The molecule has 0 spiro atoms. The summed E-state index contributed by atoms with van der Waals surface area (Å²) in [6.45, 7) is 5.65. The van der Waals surface area contributed by atoms with Crippen molar-refractivity contribution < 1.29 is 4.84 Å². The third-order valence-corrected chi connectivity index (χ3v) is 6.68. The van der Waals surface area contributed by atoms with Gasteiger partial charge in [-0.3, -0.25) is 10.2 Å². The Bertz CT molecular complexity index is 337. The molecule has 3 nitrogen and oxygen atoms in total. The van der Waals surface area contributed by atoms with Gasteiger partial charge in [-0.2, -0.15) is 5.06 Å². The highest BCUT2D eigenvalue weighted by atomic mass is 16.7. The van der Waals surface area contributed by atoms with E-state index >= 15 is 0 Å². The average Bonchev–Trinajstić information content (AvgIpc) is 2.72. The smallest absolute Gasteiger partial charge is 0.0871 e. The van der Waals surface area contributed by atoms with Gasteiger partial charge in [0.15, 0.2) is 0 Å². The van der Waals surface area contributed by atoms with Crippen LogP contribution in [0.2, 0.25) is 0 Å². The van der Waals surface area contributed by atoms with Crippen molar-refractivity contribution in [2.75, 3.05) is 19.7 Å². The SMILES string of the molecule is CC1CCCNC(C2CCCCC2)N(OCC2CCCCC2)CC1. The molecule has 0 aromatic carbocycles. The highest BCUT2D eigenvalue weighted by molar-refractivity contribution is 4.79. The van der Waals surface area contributed by atoms with Crippen LogP contribution in [0.5, 0.6) is 0 Å². The maximum Gasteiger partial charge on any atom is 0.0871 e. The molecule has 1 aliphatic heterocycles. The van der Waals surface area contributed by atoms with Gasteiger partial charge in [0, 0.05) is 6.54 Å². The largest absolute Gasteiger partial charge is 0.300 e. The molecule has 0 radical (unpaired) electrons. The molecule has 3 aliphatic rings. The van der Waals surface area contributed by atoms with E-state index in [-0.39, 0.29) is 0 Å². The van der Waals surface area contributed by atoms with Crippen LogP contribution in [0.15, 0.2) is 0 Å². The molecule has 2 atom stereocenters. The van der Waals surface area contributed by atoms with Crippen LogP contribution >= 0.6 is 0 Å². The van der Waals surface area contributed by atoms with E-state index in [9.17, 15) is 0 Å². The molecule has 0 aromatic heterocycles. The van der Waals surface area contributed by atoms with Crippen molar-refractivity contribution in [3.05, 3.63) is 0 Å². The van der Waals surface area contributed by atoms with Crippen LogP contribution in [-0.4, -0.2) is 30.9 Å². The van der Waals surface area contributed by atoms with E-state index < -0.39 is 0 Å². The molecular weight excluding hydrogens is 296 g/mol. The van der Waals surface area contributed by atoms with E-state index in [4.69, 9.17) is 4.84 Å². The van der Waals surface area contributed by atoms with Gasteiger partial charge in [-0.15, -0.1) is 0 Å². The quantitative estimate of drug-likeness (QED) is 0.771. The van der Waals surface area contributed by atoms with Gasteiger partial charge in [-0.1, -0.05) is 45.4 Å². The third-order valence-electron chi connectivity index (χ3n) is 6.68. The predicted molar refractivity (Wildman–Crippen MR) is 101 cm³/mol. The molecule has 0 amide bonds. The molecule has 140 valence electrons. The number of hydrogen-bond donors (Lipinski definition) is 1. The van der Waals surface area contributed by atoms with Crippen LogP contribution in [0.4, 0.5) is 0 Å². The molecule has 0 bridgehead atoms. The van der Waals surface area contributed by atoms with Crippen molar-refractivity contribution in [2.45, 2.75) is 96.6 Å². The minimum absolute atomic E-state index is 0.458. The lowest BCUT2D eigenvalue weighted by atomic mass is 9.86. The predicted octanol–water partition coefficient (Wildman–Crippen LogP) is 5.12. The Morgan fingerprint density at radius 2 is 1.54 bits per heavy atom. The Morgan fingerprint density at radius 3 is 2.29 bits per heavy atom. The first-order valence-corrected chi connectivity index (χ1v) is 11.0. The van der Waals surface area contributed by atoms with E-state index in [2.05, 4.69) is 17.3 Å². The third kappa shape index (κ3) is 5.71. The van der Waals surface area contributed by atoms with Gasteiger partial charge in [0.05, 0.1) is 12.8 Å². The minimum Gasteiger partial charge on any atom is -0.300 e. The Morgan fingerprint density at radius 1 is 0.833 bits per heavy atom. The fourth-order valence-electron chi connectivity index (χ4n) is 4.98. The number of hydroxylamine groups is 2. The summed E-state index contributed by atoms with van der Waals surface area (Å²) in [5.41, 5.74) is 0. The van der Waals surface area contributed by atoms with E-state index in [1.807, 2.05) is 0 Å². The molecule has 1 heterocycles. The first-order valence-electron chi connectivity index (χ1n) is 11.0. The molecule has 3 rings (SSSR count). The number of rotatable bonds is 4. The zero-order valence-corrected chi connectivity index (χ0v) is 16.0. The molecule has 1 N–H and O–H groups in total. The summed E-state index contributed by atoms with van der Waals surface area (Å²) in [5, 5.41) is 6.29. The molecule has 0 aromatic rings. The van der Waals surface area contributed by atoms with Crippen molar-refractivity contribution in [1.29, 1.82) is 0 Å². The maximum absolute atomic E-state index is 6.50. The van der Waals surface area contributed by atoms with Crippen LogP contribution in [0.1, 0.15) is 90.4 Å². The Labute approximate surface area is 149 Å². The molecule has 2 unspecified atom stereocenters. The van der Waals surface area contributed by atoms with Crippen LogP contribution in [-0.2, 0) is 4.84 Å². The lowest BCUT2D eigenvalue weighted by Crippen LogP contribution is -2.51. The Hall–Kier alpha value is -0.120. The summed E-state index contributed by atoms with van der Waals surface area (Å²) in [7, 11) is 0. The van der Waals surface area contributed by atoms with E-state index in [1.165, 1.54) is 83.5 Å². The second kappa shape index (κ2) is 10.1. The Balaban J connectivity index is 1.60. The summed E-state index contributed by atoms with van der Waals surface area (Å²) in [5.74, 6) is 2.42. The Kier molecular flexibility index (Phi) is 7.88. The van der Waals surface area contributed by atoms with Crippen molar-refractivity contribution in [3.8, 4) is 0 Å². The highest BCUT2D eigenvalue weighted by Gasteiger charge is 2.30. The summed E-state index contributed by atoms with van der Waals surface area (Å²) >= 11 is 0.